The van der Waals surface area contributed by atoms with Crippen LogP contribution in [0, 0.1) is 16.7 Å². The van der Waals surface area contributed by atoms with Gasteiger partial charge in [0.1, 0.15) is 12.0 Å². The third-order valence-electron chi connectivity index (χ3n) is 8.25. The Morgan fingerprint density at radius 2 is 1.81 bits per heavy atom. The summed E-state index contributed by atoms with van der Waals surface area (Å²) in [7, 11) is 0. The second-order valence-electron chi connectivity index (χ2n) is 10.8. The maximum Gasteiger partial charge on any atom is 0.416 e. The summed E-state index contributed by atoms with van der Waals surface area (Å²) in [6.45, 7) is 9.03. The number of likely N-dealkylation sites (tertiary alicyclic amines) is 2. The first-order chi connectivity index (χ1) is 17.5. The minimum atomic E-state index is -4.59. The SMILES string of the molecule is C=CC(=C)CC1COC(=O)N1C(=O)C1CN(Cc2ccccc2)CC12CN(C(=O)C1(C(F)(F)F)CC1)C2. The number of ether oxygens (including phenoxy) is 1. The van der Waals surface area contributed by atoms with Gasteiger partial charge in [-0.25, -0.2) is 9.69 Å². The van der Waals surface area contributed by atoms with Crippen molar-refractivity contribution in [2.75, 3.05) is 32.8 Å². The molecular formula is C27H30F3N3O4. The number of allylic oxidation sites excluding steroid dienone is 1. The standard InChI is InChI=1S/C27H30F3N3O4/c1-3-18(2)11-20-14-37-24(36)33(20)22(34)21-13-31(12-19-7-5-4-6-8-19)15-25(21)16-32(17-25)23(35)26(9-10-26)27(28,29)30/h3-8,20-21H,1-2,9-17H2. The fourth-order valence-corrected chi connectivity index (χ4v) is 6.03. The Labute approximate surface area is 213 Å². The van der Waals surface area contributed by atoms with Crippen LogP contribution in [0.4, 0.5) is 18.0 Å². The number of nitrogens with zero attached hydrogens (tertiary/aromatic N) is 3. The summed E-state index contributed by atoms with van der Waals surface area (Å²) in [5.74, 6) is -1.98. The molecule has 3 saturated heterocycles. The first-order valence-corrected chi connectivity index (χ1v) is 12.4. The predicted octanol–water partition coefficient (Wildman–Crippen LogP) is 3.77. The maximum absolute atomic E-state index is 13.8. The van der Waals surface area contributed by atoms with Crippen LogP contribution in [-0.2, 0) is 20.9 Å². The van der Waals surface area contributed by atoms with Crippen molar-refractivity contribution in [2.45, 2.75) is 38.0 Å². The Morgan fingerprint density at radius 3 is 2.41 bits per heavy atom. The first-order valence-electron chi connectivity index (χ1n) is 12.4. The van der Waals surface area contributed by atoms with Gasteiger partial charge in [-0.1, -0.05) is 55.1 Å². The van der Waals surface area contributed by atoms with Gasteiger partial charge in [-0.05, 0) is 24.8 Å². The Balaban J connectivity index is 1.37. The van der Waals surface area contributed by atoms with Crippen molar-refractivity contribution < 1.29 is 32.3 Å². The molecule has 2 atom stereocenters. The van der Waals surface area contributed by atoms with Gasteiger partial charge in [0.05, 0.1) is 12.0 Å². The molecule has 3 amide bonds. The van der Waals surface area contributed by atoms with E-state index in [9.17, 15) is 27.6 Å². The van der Waals surface area contributed by atoms with Gasteiger partial charge < -0.3 is 9.64 Å². The summed E-state index contributed by atoms with van der Waals surface area (Å²) in [5.41, 5.74) is -1.32. The van der Waals surface area contributed by atoms with Crippen molar-refractivity contribution in [3.63, 3.8) is 0 Å². The summed E-state index contributed by atoms with van der Waals surface area (Å²) in [6.07, 6.45) is -3.83. The number of hydrogen-bond acceptors (Lipinski definition) is 5. The highest BCUT2D eigenvalue weighted by molar-refractivity contribution is 5.96. The van der Waals surface area contributed by atoms with E-state index in [1.54, 1.807) is 6.08 Å². The van der Waals surface area contributed by atoms with Crippen molar-refractivity contribution >= 4 is 17.9 Å². The quantitative estimate of drug-likeness (QED) is 0.515. The van der Waals surface area contributed by atoms with Crippen molar-refractivity contribution in [2.24, 2.45) is 16.7 Å². The zero-order chi connectivity index (χ0) is 26.6. The van der Waals surface area contributed by atoms with Crippen LogP contribution in [0.15, 0.2) is 55.1 Å². The highest BCUT2D eigenvalue weighted by Gasteiger charge is 2.71. The van der Waals surface area contributed by atoms with Crippen LogP contribution >= 0.6 is 0 Å². The number of benzene rings is 1. The molecule has 3 aliphatic heterocycles. The molecule has 4 fully saturated rings. The number of halogens is 3. The lowest BCUT2D eigenvalue weighted by Gasteiger charge is -2.52. The van der Waals surface area contributed by atoms with Crippen LogP contribution < -0.4 is 0 Å². The van der Waals surface area contributed by atoms with E-state index in [4.69, 9.17) is 4.74 Å². The zero-order valence-electron chi connectivity index (χ0n) is 20.5. The van der Waals surface area contributed by atoms with Crippen LogP contribution in [0.1, 0.15) is 24.8 Å². The Kier molecular flexibility index (Phi) is 6.21. The topological polar surface area (TPSA) is 70.2 Å². The molecule has 5 rings (SSSR count). The normalized spacial score (nSPS) is 26.1. The van der Waals surface area contributed by atoms with Crippen molar-refractivity contribution in [1.29, 1.82) is 0 Å². The Hall–Kier alpha value is -3.14. The van der Waals surface area contributed by atoms with Crippen molar-refractivity contribution in [1.82, 2.24) is 14.7 Å². The molecule has 0 aromatic heterocycles. The number of alkyl halides is 3. The zero-order valence-corrected chi connectivity index (χ0v) is 20.5. The fraction of sp³-hybridized carbons (Fsp3) is 0.519. The van der Waals surface area contributed by atoms with E-state index in [2.05, 4.69) is 18.1 Å². The third-order valence-corrected chi connectivity index (χ3v) is 8.25. The van der Waals surface area contributed by atoms with Gasteiger partial charge in [-0.15, -0.1) is 0 Å². The maximum atomic E-state index is 13.8. The Bertz CT molecular complexity index is 1130. The summed E-state index contributed by atoms with van der Waals surface area (Å²) >= 11 is 0. The van der Waals surface area contributed by atoms with Crippen LogP contribution in [0.5, 0.6) is 0 Å². The number of hydrogen-bond donors (Lipinski definition) is 0. The average Bonchev–Trinajstić information content (AvgIpc) is 3.47. The lowest BCUT2D eigenvalue weighted by Crippen LogP contribution is -2.66. The monoisotopic (exact) mass is 517 g/mol. The molecule has 1 aromatic carbocycles. The molecule has 4 aliphatic rings. The summed E-state index contributed by atoms with van der Waals surface area (Å²) in [4.78, 5) is 43.8. The third kappa shape index (κ3) is 4.35. The molecule has 0 N–H and O–H groups in total. The average molecular weight is 518 g/mol. The minimum absolute atomic E-state index is 0.0452. The number of carbonyl (C=O) groups is 3. The number of cyclic esters (lactones) is 1. The van der Waals surface area contributed by atoms with Gasteiger partial charge in [0.25, 0.3) is 0 Å². The molecule has 198 valence electrons. The van der Waals surface area contributed by atoms with Crippen LogP contribution in [0.25, 0.3) is 0 Å². The van der Waals surface area contributed by atoms with Gasteiger partial charge in [-0.2, -0.15) is 13.2 Å². The van der Waals surface area contributed by atoms with Gasteiger partial charge in [0.15, 0.2) is 0 Å². The molecule has 0 bridgehead atoms. The van der Waals surface area contributed by atoms with E-state index in [0.717, 1.165) is 10.5 Å². The largest absolute Gasteiger partial charge is 0.447 e. The second-order valence-corrected chi connectivity index (χ2v) is 10.8. The fourth-order valence-electron chi connectivity index (χ4n) is 6.03. The highest BCUT2D eigenvalue weighted by atomic mass is 19.4. The smallest absolute Gasteiger partial charge is 0.416 e. The van der Waals surface area contributed by atoms with Gasteiger partial charge in [-0.3, -0.25) is 14.5 Å². The van der Waals surface area contributed by atoms with Crippen LogP contribution in [-0.4, -0.2) is 77.6 Å². The number of imide groups is 1. The molecule has 37 heavy (non-hydrogen) atoms. The van der Waals surface area contributed by atoms with E-state index in [1.807, 2.05) is 30.3 Å². The molecule has 10 heteroatoms. The molecule has 1 aromatic rings. The summed E-state index contributed by atoms with van der Waals surface area (Å²) in [6, 6.07) is 9.14. The minimum Gasteiger partial charge on any atom is -0.447 e. The molecule has 0 radical (unpaired) electrons. The molecule has 1 spiro atoms. The van der Waals surface area contributed by atoms with E-state index >= 15 is 0 Å². The van der Waals surface area contributed by atoms with Crippen molar-refractivity contribution in [3.05, 3.63) is 60.7 Å². The molecular weight excluding hydrogens is 487 g/mol. The van der Waals surface area contributed by atoms with Gasteiger partial charge in [0.2, 0.25) is 11.8 Å². The number of carbonyl (C=O) groups excluding carboxylic acids is 3. The second kappa shape index (κ2) is 9.01. The molecule has 1 aliphatic carbocycles. The predicted molar refractivity (Wildman–Crippen MR) is 128 cm³/mol. The van der Waals surface area contributed by atoms with E-state index in [-0.39, 0.29) is 32.5 Å². The Morgan fingerprint density at radius 1 is 1.14 bits per heavy atom. The summed E-state index contributed by atoms with van der Waals surface area (Å²) < 4.78 is 45.9. The number of amides is 3. The first kappa shape index (κ1) is 25.5. The number of rotatable bonds is 7. The van der Waals surface area contributed by atoms with E-state index < -0.39 is 46.9 Å². The van der Waals surface area contributed by atoms with Crippen molar-refractivity contribution in [3.8, 4) is 0 Å². The van der Waals surface area contributed by atoms with Crippen LogP contribution in [0.3, 0.4) is 0 Å². The molecule has 2 unspecified atom stereocenters. The molecule has 1 saturated carbocycles. The highest BCUT2D eigenvalue weighted by Crippen LogP contribution is 2.60. The van der Waals surface area contributed by atoms with Gasteiger partial charge >= 0.3 is 12.3 Å². The van der Waals surface area contributed by atoms with E-state index in [1.165, 1.54) is 4.90 Å². The lowest BCUT2D eigenvalue weighted by molar-refractivity contribution is -0.205. The molecule has 7 nitrogen and oxygen atoms in total. The lowest BCUT2D eigenvalue weighted by atomic mass is 9.70. The molecule has 3 heterocycles. The van der Waals surface area contributed by atoms with Gasteiger partial charge in [0, 0.05) is 38.1 Å². The summed E-state index contributed by atoms with van der Waals surface area (Å²) in [5, 5.41) is 0. The van der Waals surface area contributed by atoms with Crippen LogP contribution in [0.2, 0.25) is 0 Å². The van der Waals surface area contributed by atoms with E-state index in [0.29, 0.717) is 31.6 Å².